The average molecular weight is 326 g/mol. The Hall–Kier alpha value is -1.91. The van der Waals surface area contributed by atoms with Gasteiger partial charge in [-0.05, 0) is 32.6 Å². The molecule has 0 bridgehead atoms. The van der Waals surface area contributed by atoms with E-state index < -0.39 is 0 Å². The smallest absolute Gasteiger partial charge is 0.130 e. The standard InChI is InChI=1S/C17H19N3.C2H6.CH5N/c1-11-14(12-7-4-3-5-8-12)15-13-9-6-10-18-16(13)19-17(15)20(11)2;2*1-2/h3-11,14-15,17H,1-2H3,(H,18,19);1-2H3;2H2,1H3. The number of nitrogens with zero attached hydrogens (tertiary/aromatic N) is 2. The maximum atomic E-state index is 4.50. The Morgan fingerprint density at radius 1 is 1.00 bits per heavy atom. The summed E-state index contributed by atoms with van der Waals surface area (Å²) in [5.41, 5.74) is 7.29. The van der Waals surface area contributed by atoms with Gasteiger partial charge in [-0.2, -0.15) is 0 Å². The molecular weight excluding hydrogens is 296 g/mol. The minimum absolute atomic E-state index is 0.361. The highest BCUT2D eigenvalue weighted by Crippen LogP contribution is 2.52. The first kappa shape index (κ1) is 18.4. The number of nitrogens with two attached hydrogens (primary N) is 1. The van der Waals surface area contributed by atoms with Crippen LogP contribution in [-0.2, 0) is 0 Å². The van der Waals surface area contributed by atoms with Gasteiger partial charge in [0, 0.05) is 29.6 Å². The Morgan fingerprint density at radius 2 is 1.67 bits per heavy atom. The summed E-state index contributed by atoms with van der Waals surface area (Å²) < 4.78 is 0. The van der Waals surface area contributed by atoms with E-state index in [0.717, 1.165) is 5.82 Å². The van der Waals surface area contributed by atoms with Crippen LogP contribution in [0.4, 0.5) is 5.82 Å². The highest BCUT2D eigenvalue weighted by Gasteiger charge is 2.50. The van der Waals surface area contributed by atoms with E-state index >= 15 is 0 Å². The van der Waals surface area contributed by atoms with E-state index in [1.165, 1.54) is 18.2 Å². The van der Waals surface area contributed by atoms with Crippen molar-refractivity contribution in [1.82, 2.24) is 9.88 Å². The first-order valence-corrected chi connectivity index (χ1v) is 8.83. The number of fused-ring (bicyclic) bond motifs is 3. The van der Waals surface area contributed by atoms with E-state index in [9.17, 15) is 0 Å². The maximum Gasteiger partial charge on any atom is 0.130 e. The van der Waals surface area contributed by atoms with Gasteiger partial charge in [0.1, 0.15) is 5.82 Å². The molecule has 4 heteroatoms. The average Bonchev–Trinajstić information content (AvgIpc) is 3.15. The number of rotatable bonds is 1. The number of anilines is 1. The second-order valence-corrected chi connectivity index (χ2v) is 5.90. The van der Waals surface area contributed by atoms with Crippen LogP contribution in [0.25, 0.3) is 0 Å². The molecule has 0 amide bonds. The Bertz CT molecular complexity index is 629. The van der Waals surface area contributed by atoms with Gasteiger partial charge in [-0.25, -0.2) is 4.98 Å². The maximum absolute atomic E-state index is 4.50. The van der Waals surface area contributed by atoms with Crippen LogP contribution in [0, 0.1) is 0 Å². The zero-order valence-corrected chi connectivity index (χ0v) is 15.4. The monoisotopic (exact) mass is 326 g/mol. The van der Waals surface area contributed by atoms with Gasteiger partial charge >= 0.3 is 0 Å². The van der Waals surface area contributed by atoms with Crippen molar-refractivity contribution in [2.45, 2.75) is 44.8 Å². The summed E-state index contributed by atoms with van der Waals surface area (Å²) in [5, 5.41) is 3.59. The number of hydrogen-bond donors (Lipinski definition) is 2. The van der Waals surface area contributed by atoms with Crippen molar-refractivity contribution in [2.24, 2.45) is 5.73 Å². The molecule has 2 aliphatic rings. The molecule has 1 aromatic heterocycles. The highest BCUT2D eigenvalue weighted by molar-refractivity contribution is 5.56. The van der Waals surface area contributed by atoms with Crippen LogP contribution < -0.4 is 11.1 Å². The van der Waals surface area contributed by atoms with Gasteiger partial charge in [0.25, 0.3) is 0 Å². The molecule has 0 radical (unpaired) electrons. The van der Waals surface area contributed by atoms with Crippen LogP contribution in [0.15, 0.2) is 48.7 Å². The Morgan fingerprint density at radius 3 is 2.33 bits per heavy atom. The number of aromatic nitrogens is 1. The third-order valence-electron chi connectivity index (χ3n) is 5.00. The van der Waals surface area contributed by atoms with Crippen molar-refractivity contribution in [3.63, 3.8) is 0 Å². The molecule has 0 spiro atoms. The molecule has 0 saturated carbocycles. The van der Waals surface area contributed by atoms with Crippen LogP contribution in [-0.4, -0.2) is 36.2 Å². The van der Waals surface area contributed by atoms with Crippen molar-refractivity contribution in [1.29, 1.82) is 0 Å². The molecule has 2 aliphatic heterocycles. The minimum atomic E-state index is 0.361. The Labute approximate surface area is 146 Å². The van der Waals surface area contributed by atoms with Crippen LogP contribution >= 0.6 is 0 Å². The third-order valence-corrected chi connectivity index (χ3v) is 5.00. The number of likely N-dealkylation sites (N-methyl/N-ethyl adjacent to an activating group) is 1. The molecule has 4 rings (SSSR count). The molecular formula is C20H30N4. The number of pyridine rings is 1. The second kappa shape index (κ2) is 8.27. The van der Waals surface area contributed by atoms with E-state index in [1.54, 1.807) is 0 Å². The molecule has 4 atom stereocenters. The summed E-state index contributed by atoms with van der Waals surface area (Å²) in [6.45, 7) is 6.33. The van der Waals surface area contributed by atoms with Gasteiger partial charge in [0.15, 0.2) is 0 Å². The van der Waals surface area contributed by atoms with Gasteiger partial charge < -0.3 is 11.1 Å². The van der Waals surface area contributed by atoms with Gasteiger partial charge in [0.2, 0.25) is 0 Å². The molecule has 3 N–H and O–H groups in total. The zero-order chi connectivity index (χ0) is 17.7. The summed E-state index contributed by atoms with van der Waals surface area (Å²) >= 11 is 0. The fraction of sp³-hybridized carbons (Fsp3) is 0.450. The van der Waals surface area contributed by atoms with E-state index in [-0.39, 0.29) is 0 Å². The predicted octanol–water partition coefficient (Wildman–Crippen LogP) is 3.64. The molecule has 1 fully saturated rings. The summed E-state index contributed by atoms with van der Waals surface area (Å²) in [6, 6.07) is 15.7. The SMILES string of the molecule is CC.CC1C(c2ccccc2)C2c3cccnc3NC2N1C.CN. The first-order chi connectivity index (χ1) is 11.8. The molecule has 0 aliphatic carbocycles. The van der Waals surface area contributed by atoms with Gasteiger partial charge in [-0.1, -0.05) is 50.2 Å². The molecule has 130 valence electrons. The van der Waals surface area contributed by atoms with Crippen LogP contribution in [0.1, 0.15) is 43.7 Å². The summed E-state index contributed by atoms with van der Waals surface area (Å²) in [5.74, 6) is 2.06. The lowest BCUT2D eigenvalue weighted by Crippen LogP contribution is -2.35. The molecule has 1 saturated heterocycles. The normalized spacial score (nSPS) is 26.9. The van der Waals surface area contributed by atoms with E-state index in [1.807, 2.05) is 26.1 Å². The van der Waals surface area contributed by atoms with Crippen molar-refractivity contribution < 1.29 is 0 Å². The minimum Gasteiger partial charge on any atom is -0.354 e. The predicted molar refractivity (Wildman–Crippen MR) is 102 cm³/mol. The van der Waals surface area contributed by atoms with E-state index in [4.69, 9.17) is 0 Å². The summed E-state index contributed by atoms with van der Waals surface area (Å²) in [6.07, 6.45) is 2.23. The Balaban J connectivity index is 0.000000487. The van der Waals surface area contributed by atoms with Crippen molar-refractivity contribution in [3.8, 4) is 0 Å². The topological polar surface area (TPSA) is 54.2 Å². The largest absolute Gasteiger partial charge is 0.354 e. The lowest BCUT2D eigenvalue weighted by Gasteiger charge is -2.24. The summed E-state index contributed by atoms with van der Waals surface area (Å²) in [4.78, 5) is 6.94. The fourth-order valence-electron chi connectivity index (χ4n) is 3.92. The van der Waals surface area contributed by atoms with Crippen molar-refractivity contribution in [3.05, 3.63) is 59.8 Å². The van der Waals surface area contributed by atoms with Gasteiger partial charge in [-0.15, -0.1) is 0 Å². The highest BCUT2D eigenvalue weighted by atomic mass is 15.3. The lowest BCUT2D eigenvalue weighted by molar-refractivity contribution is 0.267. The number of likely N-dealkylation sites (tertiary alicyclic amines) is 1. The van der Waals surface area contributed by atoms with Crippen LogP contribution in [0.3, 0.4) is 0 Å². The first-order valence-electron chi connectivity index (χ1n) is 8.83. The quantitative estimate of drug-likeness (QED) is 0.840. The lowest BCUT2D eigenvalue weighted by atomic mass is 9.81. The van der Waals surface area contributed by atoms with Crippen LogP contribution in [0.5, 0.6) is 0 Å². The number of benzene rings is 1. The summed E-state index contributed by atoms with van der Waals surface area (Å²) in [7, 11) is 3.71. The molecule has 24 heavy (non-hydrogen) atoms. The van der Waals surface area contributed by atoms with Crippen molar-refractivity contribution >= 4 is 5.82 Å². The number of nitrogens with one attached hydrogen (secondary N) is 1. The number of hydrogen-bond acceptors (Lipinski definition) is 4. The van der Waals surface area contributed by atoms with Gasteiger partial charge in [0.05, 0.1) is 6.17 Å². The van der Waals surface area contributed by atoms with E-state index in [2.05, 4.69) is 71.3 Å². The second-order valence-electron chi connectivity index (χ2n) is 5.90. The Kier molecular flexibility index (Phi) is 6.35. The van der Waals surface area contributed by atoms with Crippen molar-refractivity contribution in [2.75, 3.05) is 19.4 Å². The fourth-order valence-corrected chi connectivity index (χ4v) is 3.92. The third kappa shape index (κ3) is 3.04. The molecule has 2 aromatic rings. The van der Waals surface area contributed by atoms with Gasteiger partial charge in [-0.3, -0.25) is 4.90 Å². The molecule has 4 unspecified atom stereocenters. The molecule has 1 aromatic carbocycles. The molecule has 4 nitrogen and oxygen atoms in total. The van der Waals surface area contributed by atoms with Crippen LogP contribution in [0.2, 0.25) is 0 Å². The molecule has 3 heterocycles. The van der Waals surface area contributed by atoms with E-state index in [0.29, 0.717) is 24.0 Å². The zero-order valence-electron chi connectivity index (χ0n) is 15.4.